The van der Waals surface area contributed by atoms with E-state index in [0.29, 0.717) is 30.4 Å². The third-order valence-electron chi connectivity index (χ3n) is 3.91. The van der Waals surface area contributed by atoms with Gasteiger partial charge in [-0.1, -0.05) is 6.07 Å². The Morgan fingerprint density at radius 1 is 1.30 bits per heavy atom. The lowest BCUT2D eigenvalue weighted by Crippen LogP contribution is -2.51. The number of rotatable bonds is 4. The highest BCUT2D eigenvalue weighted by molar-refractivity contribution is 7.91. The Morgan fingerprint density at radius 2 is 2.04 bits per heavy atom. The fraction of sp³-hybridized carbons (Fsp3) is 0.429. The zero-order valence-corrected chi connectivity index (χ0v) is 14.4. The van der Waals surface area contributed by atoms with E-state index < -0.39 is 10.0 Å². The van der Waals surface area contributed by atoms with Gasteiger partial charge in [-0.15, -0.1) is 11.3 Å². The molecule has 9 heteroatoms. The van der Waals surface area contributed by atoms with Crippen molar-refractivity contribution in [1.82, 2.24) is 18.8 Å². The first-order chi connectivity index (χ1) is 11.0. The lowest BCUT2D eigenvalue weighted by atomic mass is 10.3. The number of aryl methyl sites for hydroxylation is 1. The van der Waals surface area contributed by atoms with Crippen molar-refractivity contribution in [3.63, 3.8) is 0 Å². The highest BCUT2D eigenvalue weighted by Crippen LogP contribution is 2.22. The summed E-state index contributed by atoms with van der Waals surface area (Å²) in [6.07, 6.45) is 3.43. The Labute approximate surface area is 139 Å². The maximum atomic E-state index is 12.4. The number of thiophene rings is 1. The van der Waals surface area contributed by atoms with E-state index in [0.717, 1.165) is 5.82 Å². The van der Waals surface area contributed by atoms with Crippen LogP contribution in [0.2, 0.25) is 0 Å². The molecule has 7 nitrogen and oxygen atoms in total. The Balaban J connectivity index is 1.60. The molecule has 3 heterocycles. The molecule has 1 saturated heterocycles. The molecule has 0 atom stereocenters. The zero-order chi connectivity index (χ0) is 16.4. The molecule has 0 aromatic carbocycles. The largest absolute Gasteiger partial charge is 0.339 e. The van der Waals surface area contributed by atoms with Crippen LogP contribution in [0.5, 0.6) is 0 Å². The maximum Gasteiger partial charge on any atom is 0.252 e. The molecule has 0 spiro atoms. The number of sulfonamides is 1. The standard InChI is InChI=1S/C14H18N4O3S2/c1-12-15-4-5-17(12)11-13(19)16-6-8-18(9-7-16)23(20,21)14-3-2-10-22-14/h2-5,10H,6-9,11H2,1H3. The van der Waals surface area contributed by atoms with E-state index in [4.69, 9.17) is 0 Å². The Hall–Kier alpha value is -1.71. The van der Waals surface area contributed by atoms with Crippen LogP contribution in [0.3, 0.4) is 0 Å². The molecule has 0 aliphatic carbocycles. The second kappa shape index (κ2) is 6.42. The molecule has 1 aliphatic heterocycles. The number of hydrogen-bond donors (Lipinski definition) is 0. The number of aromatic nitrogens is 2. The van der Waals surface area contributed by atoms with Gasteiger partial charge in [0, 0.05) is 38.6 Å². The highest BCUT2D eigenvalue weighted by atomic mass is 32.2. The first-order valence-corrected chi connectivity index (χ1v) is 9.59. The van der Waals surface area contributed by atoms with Crippen LogP contribution in [0.25, 0.3) is 0 Å². The van der Waals surface area contributed by atoms with Gasteiger partial charge in [0.05, 0.1) is 0 Å². The SMILES string of the molecule is Cc1nccn1CC(=O)N1CCN(S(=O)(=O)c2cccs2)CC1. The van der Waals surface area contributed by atoms with Crippen molar-refractivity contribution >= 4 is 27.3 Å². The molecule has 0 N–H and O–H groups in total. The number of imidazole rings is 1. The van der Waals surface area contributed by atoms with Crippen LogP contribution in [-0.4, -0.2) is 59.3 Å². The smallest absolute Gasteiger partial charge is 0.252 e. The van der Waals surface area contributed by atoms with Crippen LogP contribution < -0.4 is 0 Å². The summed E-state index contributed by atoms with van der Waals surface area (Å²) in [6, 6.07) is 3.34. The van der Waals surface area contributed by atoms with Crippen molar-refractivity contribution in [3.8, 4) is 0 Å². The molecule has 0 radical (unpaired) electrons. The minimum absolute atomic E-state index is 0.0146. The van der Waals surface area contributed by atoms with Gasteiger partial charge in [-0.05, 0) is 18.4 Å². The van der Waals surface area contributed by atoms with Crippen LogP contribution in [0, 0.1) is 6.92 Å². The molecular formula is C14H18N4O3S2. The number of amides is 1. The second-order valence-electron chi connectivity index (χ2n) is 5.32. The van der Waals surface area contributed by atoms with Gasteiger partial charge in [0.1, 0.15) is 16.6 Å². The predicted molar refractivity (Wildman–Crippen MR) is 86.6 cm³/mol. The molecule has 0 bridgehead atoms. The third kappa shape index (κ3) is 3.31. The van der Waals surface area contributed by atoms with E-state index in [2.05, 4.69) is 4.98 Å². The molecule has 23 heavy (non-hydrogen) atoms. The molecular weight excluding hydrogens is 336 g/mol. The zero-order valence-electron chi connectivity index (χ0n) is 12.8. The molecule has 2 aromatic rings. The minimum atomic E-state index is -3.43. The normalized spacial score (nSPS) is 16.7. The molecule has 1 aliphatic rings. The van der Waals surface area contributed by atoms with Gasteiger partial charge in [-0.25, -0.2) is 13.4 Å². The number of hydrogen-bond acceptors (Lipinski definition) is 5. The van der Waals surface area contributed by atoms with E-state index in [9.17, 15) is 13.2 Å². The topological polar surface area (TPSA) is 75.5 Å². The minimum Gasteiger partial charge on any atom is -0.339 e. The molecule has 124 valence electrons. The number of carbonyl (C=O) groups is 1. The van der Waals surface area contributed by atoms with Crippen molar-refractivity contribution in [2.45, 2.75) is 17.7 Å². The lowest BCUT2D eigenvalue weighted by Gasteiger charge is -2.33. The van der Waals surface area contributed by atoms with Crippen LogP contribution in [0.15, 0.2) is 34.1 Å². The van der Waals surface area contributed by atoms with E-state index in [1.807, 2.05) is 6.92 Å². The molecule has 1 amide bonds. The summed E-state index contributed by atoms with van der Waals surface area (Å²) >= 11 is 1.21. The number of carbonyl (C=O) groups excluding carboxylic acids is 1. The second-order valence-corrected chi connectivity index (χ2v) is 8.43. The average molecular weight is 354 g/mol. The summed E-state index contributed by atoms with van der Waals surface area (Å²) in [6.45, 7) is 3.57. The monoisotopic (exact) mass is 354 g/mol. The van der Waals surface area contributed by atoms with Crippen molar-refractivity contribution in [3.05, 3.63) is 35.7 Å². The van der Waals surface area contributed by atoms with Gasteiger partial charge in [0.15, 0.2) is 0 Å². The fourth-order valence-corrected chi connectivity index (χ4v) is 5.10. The third-order valence-corrected chi connectivity index (χ3v) is 7.18. The Morgan fingerprint density at radius 3 is 2.61 bits per heavy atom. The first-order valence-electron chi connectivity index (χ1n) is 7.27. The first kappa shape index (κ1) is 16.2. The molecule has 2 aromatic heterocycles. The average Bonchev–Trinajstić information content (AvgIpc) is 3.20. The molecule has 0 saturated carbocycles. The summed E-state index contributed by atoms with van der Waals surface area (Å²) in [7, 11) is -3.43. The Bertz CT molecular complexity index is 775. The predicted octanol–water partition coefficient (Wildman–Crippen LogP) is 0.786. The highest BCUT2D eigenvalue weighted by Gasteiger charge is 2.30. The van der Waals surface area contributed by atoms with Crippen LogP contribution in [0.4, 0.5) is 0 Å². The Kier molecular flexibility index (Phi) is 4.51. The van der Waals surface area contributed by atoms with E-state index in [1.165, 1.54) is 15.6 Å². The van der Waals surface area contributed by atoms with Crippen molar-refractivity contribution in [1.29, 1.82) is 0 Å². The summed E-state index contributed by atoms with van der Waals surface area (Å²) in [5, 5.41) is 1.75. The summed E-state index contributed by atoms with van der Waals surface area (Å²) in [5.41, 5.74) is 0. The van der Waals surface area contributed by atoms with Crippen molar-refractivity contribution < 1.29 is 13.2 Å². The molecule has 0 unspecified atom stereocenters. The quantitative estimate of drug-likeness (QED) is 0.813. The van der Waals surface area contributed by atoms with Crippen LogP contribution in [0.1, 0.15) is 5.82 Å². The van der Waals surface area contributed by atoms with Crippen LogP contribution in [-0.2, 0) is 21.4 Å². The fourth-order valence-electron chi connectivity index (χ4n) is 2.53. The van der Waals surface area contributed by atoms with Gasteiger partial charge >= 0.3 is 0 Å². The summed E-state index contributed by atoms with van der Waals surface area (Å²) in [4.78, 5) is 18.1. The maximum absolute atomic E-state index is 12.4. The van der Waals surface area contributed by atoms with Crippen LogP contribution >= 0.6 is 11.3 Å². The molecule has 1 fully saturated rings. The van der Waals surface area contributed by atoms with Gasteiger partial charge in [-0.2, -0.15) is 4.31 Å². The van der Waals surface area contributed by atoms with Crippen molar-refractivity contribution in [2.24, 2.45) is 0 Å². The van der Waals surface area contributed by atoms with Gasteiger partial charge in [0.25, 0.3) is 10.0 Å². The molecule has 3 rings (SSSR count). The van der Waals surface area contributed by atoms with Gasteiger partial charge < -0.3 is 9.47 Å². The van der Waals surface area contributed by atoms with E-state index in [1.54, 1.807) is 39.4 Å². The van der Waals surface area contributed by atoms with Gasteiger partial charge in [-0.3, -0.25) is 4.79 Å². The summed E-state index contributed by atoms with van der Waals surface area (Å²) < 4.78 is 28.5. The summed E-state index contributed by atoms with van der Waals surface area (Å²) in [5.74, 6) is 0.775. The van der Waals surface area contributed by atoms with E-state index >= 15 is 0 Å². The number of piperazine rings is 1. The lowest BCUT2D eigenvalue weighted by molar-refractivity contribution is -0.133. The number of nitrogens with zero attached hydrogens (tertiary/aromatic N) is 4. The van der Waals surface area contributed by atoms with Crippen molar-refractivity contribution in [2.75, 3.05) is 26.2 Å². The van der Waals surface area contributed by atoms with Gasteiger partial charge in [0.2, 0.25) is 5.91 Å². The van der Waals surface area contributed by atoms with E-state index in [-0.39, 0.29) is 12.5 Å².